The monoisotopic (exact) mass is 419 g/mol. The molecule has 0 radical (unpaired) electrons. The van der Waals surface area contributed by atoms with Crippen LogP contribution < -0.4 is 4.74 Å². The van der Waals surface area contributed by atoms with E-state index in [0.29, 0.717) is 31.7 Å². The van der Waals surface area contributed by atoms with E-state index >= 15 is 0 Å². The number of methoxy groups -OCH3 is 1. The smallest absolute Gasteiger partial charge is 0.306 e. The summed E-state index contributed by atoms with van der Waals surface area (Å²) in [7, 11) is 1.59. The van der Waals surface area contributed by atoms with Gasteiger partial charge >= 0.3 is 5.97 Å². The Balaban J connectivity index is 1.71. The number of hydrogen-bond donors (Lipinski definition) is 1. The van der Waals surface area contributed by atoms with Crippen molar-refractivity contribution in [3.63, 3.8) is 0 Å². The summed E-state index contributed by atoms with van der Waals surface area (Å²) in [6.07, 6.45) is 1.15. The van der Waals surface area contributed by atoms with Crippen LogP contribution in [0.15, 0.2) is 72.8 Å². The van der Waals surface area contributed by atoms with E-state index < -0.39 is 5.97 Å². The largest absolute Gasteiger partial charge is 0.496 e. The fourth-order valence-electron chi connectivity index (χ4n) is 4.40. The van der Waals surface area contributed by atoms with Gasteiger partial charge in [0.2, 0.25) is 0 Å². The molecule has 1 unspecified atom stereocenters. The van der Waals surface area contributed by atoms with Gasteiger partial charge in [-0.2, -0.15) is 0 Å². The molecule has 0 saturated carbocycles. The standard InChI is InChI=1S/C26H26FNO3/c1-31-24-12-11-22(27)17-23(24)25(28-15-13-21(14-16-28)26(29)30)20-9-7-19(8-10-20)18-5-3-2-4-6-18/h2-12,17,21,25H,13-16H2,1H3,(H,29,30). The molecule has 1 fully saturated rings. The molecule has 4 rings (SSSR count). The maximum atomic E-state index is 14.2. The van der Waals surface area contributed by atoms with Crippen LogP contribution in [0.4, 0.5) is 4.39 Å². The van der Waals surface area contributed by atoms with Gasteiger partial charge in [-0.3, -0.25) is 9.69 Å². The minimum atomic E-state index is -0.744. The van der Waals surface area contributed by atoms with Crippen LogP contribution in [0.1, 0.15) is 30.0 Å². The molecule has 160 valence electrons. The van der Waals surface area contributed by atoms with E-state index in [9.17, 15) is 14.3 Å². The molecule has 1 aliphatic heterocycles. The molecular formula is C26H26FNO3. The maximum Gasteiger partial charge on any atom is 0.306 e. The summed E-state index contributed by atoms with van der Waals surface area (Å²) in [6.45, 7) is 1.25. The first-order valence-corrected chi connectivity index (χ1v) is 10.5. The third kappa shape index (κ3) is 4.62. The zero-order valence-corrected chi connectivity index (χ0v) is 17.5. The van der Waals surface area contributed by atoms with Crippen LogP contribution in [0.5, 0.6) is 5.75 Å². The van der Waals surface area contributed by atoms with Gasteiger partial charge in [0, 0.05) is 5.56 Å². The molecule has 3 aromatic carbocycles. The van der Waals surface area contributed by atoms with E-state index in [1.807, 2.05) is 18.2 Å². The molecule has 0 spiro atoms. The SMILES string of the molecule is COc1ccc(F)cc1C(c1ccc(-c2ccccc2)cc1)N1CCC(C(=O)O)CC1. The number of halogens is 1. The van der Waals surface area contributed by atoms with Gasteiger partial charge in [-0.1, -0.05) is 54.6 Å². The second kappa shape index (κ2) is 9.31. The fourth-order valence-corrected chi connectivity index (χ4v) is 4.40. The lowest BCUT2D eigenvalue weighted by molar-refractivity contribution is -0.143. The molecule has 0 aliphatic carbocycles. The van der Waals surface area contributed by atoms with E-state index in [-0.39, 0.29) is 17.8 Å². The summed E-state index contributed by atoms with van der Waals surface area (Å²) in [6, 6.07) is 22.8. The molecule has 1 N–H and O–H groups in total. The van der Waals surface area contributed by atoms with Crippen molar-refractivity contribution >= 4 is 5.97 Å². The predicted molar refractivity (Wildman–Crippen MR) is 119 cm³/mol. The van der Waals surface area contributed by atoms with Gasteiger partial charge in [0.25, 0.3) is 0 Å². The molecule has 0 aromatic heterocycles. The van der Waals surface area contributed by atoms with Crippen molar-refractivity contribution < 1.29 is 19.0 Å². The van der Waals surface area contributed by atoms with Crippen molar-refractivity contribution in [3.05, 3.63) is 89.7 Å². The Morgan fingerprint density at radius 3 is 2.26 bits per heavy atom. The number of carboxylic acid groups (broad SMARTS) is 1. The van der Waals surface area contributed by atoms with Crippen LogP contribution >= 0.6 is 0 Å². The topological polar surface area (TPSA) is 49.8 Å². The highest BCUT2D eigenvalue weighted by Crippen LogP contribution is 2.38. The quantitative estimate of drug-likeness (QED) is 0.582. The minimum absolute atomic E-state index is 0.217. The van der Waals surface area contributed by atoms with Gasteiger partial charge < -0.3 is 9.84 Å². The first kappa shape index (κ1) is 21.1. The molecule has 0 amide bonds. The highest BCUT2D eigenvalue weighted by molar-refractivity contribution is 5.70. The van der Waals surface area contributed by atoms with Gasteiger partial charge in [-0.05, 0) is 60.8 Å². The molecular weight excluding hydrogens is 393 g/mol. The van der Waals surface area contributed by atoms with Crippen LogP contribution in [0.2, 0.25) is 0 Å². The van der Waals surface area contributed by atoms with E-state index in [1.165, 1.54) is 12.1 Å². The number of benzene rings is 3. The second-order valence-electron chi connectivity index (χ2n) is 7.93. The van der Waals surface area contributed by atoms with E-state index in [0.717, 1.165) is 22.3 Å². The van der Waals surface area contributed by atoms with Crippen LogP contribution in [0.25, 0.3) is 11.1 Å². The van der Waals surface area contributed by atoms with Gasteiger partial charge in [-0.15, -0.1) is 0 Å². The molecule has 5 heteroatoms. The van der Waals surface area contributed by atoms with Gasteiger partial charge in [0.1, 0.15) is 11.6 Å². The lowest BCUT2D eigenvalue weighted by atomic mass is 9.90. The normalized spacial score (nSPS) is 16.1. The fraction of sp³-hybridized carbons (Fsp3) is 0.269. The average molecular weight is 419 g/mol. The van der Waals surface area contributed by atoms with Crippen molar-refractivity contribution in [1.29, 1.82) is 0 Å². The van der Waals surface area contributed by atoms with Crippen molar-refractivity contribution in [2.75, 3.05) is 20.2 Å². The Kier molecular flexibility index (Phi) is 6.33. The van der Waals surface area contributed by atoms with Crippen LogP contribution in [-0.2, 0) is 4.79 Å². The molecule has 31 heavy (non-hydrogen) atoms. The first-order valence-electron chi connectivity index (χ1n) is 10.5. The Morgan fingerprint density at radius 1 is 1.00 bits per heavy atom. The zero-order valence-electron chi connectivity index (χ0n) is 17.5. The van der Waals surface area contributed by atoms with Gasteiger partial charge in [-0.25, -0.2) is 4.39 Å². The Bertz CT molecular complexity index is 1030. The van der Waals surface area contributed by atoms with Crippen molar-refractivity contribution in [2.45, 2.75) is 18.9 Å². The number of carboxylic acids is 1. The summed E-state index contributed by atoms with van der Waals surface area (Å²) in [5.41, 5.74) is 4.02. The van der Waals surface area contributed by atoms with Crippen molar-refractivity contribution in [1.82, 2.24) is 4.90 Å². The molecule has 1 aliphatic rings. The number of piperidine rings is 1. The van der Waals surface area contributed by atoms with Crippen LogP contribution in [0.3, 0.4) is 0 Å². The Morgan fingerprint density at radius 2 is 1.65 bits per heavy atom. The summed E-state index contributed by atoms with van der Waals surface area (Å²) in [5.74, 6) is -0.764. The van der Waals surface area contributed by atoms with E-state index in [1.54, 1.807) is 13.2 Å². The number of rotatable bonds is 6. The maximum absolute atomic E-state index is 14.2. The Labute approximate surface area is 181 Å². The number of aliphatic carboxylic acids is 1. The number of hydrogen-bond acceptors (Lipinski definition) is 3. The molecule has 0 bridgehead atoms. The van der Waals surface area contributed by atoms with Gasteiger partial charge in [0.15, 0.2) is 0 Å². The number of nitrogens with zero attached hydrogens (tertiary/aromatic N) is 1. The molecule has 1 atom stereocenters. The summed E-state index contributed by atoms with van der Waals surface area (Å²) in [4.78, 5) is 13.6. The van der Waals surface area contributed by atoms with Crippen LogP contribution in [-0.4, -0.2) is 36.2 Å². The lowest BCUT2D eigenvalue weighted by Gasteiger charge is -2.37. The van der Waals surface area contributed by atoms with E-state index in [4.69, 9.17) is 4.74 Å². The lowest BCUT2D eigenvalue weighted by Crippen LogP contribution is -2.39. The van der Waals surface area contributed by atoms with Crippen molar-refractivity contribution in [3.8, 4) is 16.9 Å². The predicted octanol–water partition coefficient (Wildman–Crippen LogP) is 5.39. The third-order valence-electron chi connectivity index (χ3n) is 6.06. The van der Waals surface area contributed by atoms with Crippen LogP contribution in [0, 0.1) is 11.7 Å². The number of carbonyl (C=O) groups is 1. The average Bonchev–Trinajstić information content (AvgIpc) is 2.81. The molecule has 1 heterocycles. The van der Waals surface area contributed by atoms with Crippen molar-refractivity contribution in [2.24, 2.45) is 5.92 Å². The highest BCUT2D eigenvalue weighted by atomic mass is 19.1. The minimum Gasteiger partial charge on any atom is -0.496 e. The molecule has 4 nitrogen and oxygen atoms in total. The zero-order chi connectivity index (χ0) is 21.8. The summed E-state index contributed by atoms with van der Waals surface area (Å²) in [5, 5.41) is 9.37. The number of likely N-dealkylation sites (tertiary alicyclic amines) is 1. The summed E-state index contributed by atoms with van der Waals surface area (Å²) < 4.78 is 19.8. The highest BCUT2D eigenvalue weighted by Gasteiger charge is 2.31. The molecule has 3 aromatic rings. The first-order chi connectivity index (χ1) is 15.1. The number of ether oxygens (including phenoxy) is 1. The third-order valence-corrected chi connectivity index (χ3v) is 6.06. The molecule has 1 saturated heterocycles. The summed E-state index contributed by atoms with van der Waals surface area (Å²) >= 11 is 0. The second-order valence-corrected chi connectivity index (χ2v) is 7.93. The van der Waals surface area contributed by atoms with Gasteiger partial charge in [0.05, 0.1) is 19.1 Å². The Hall–Kier alpha value is -3.18. The van der Waals surface area contributed by atoms with E-state index in [2.05, 4.69) is 41.3 Å².